The summed E-state index contributed by atoms with van der Waals surface area (Å²) in [7, 11) is -2.89. The minimum atomic E-state index is -2.89. The molecule has 0 amide bonds. The van der Waals surface area contributed by atoms with E-state index < -0.39 is 10.0 Å². The van der Waals surface area contributed by atoms with E-state index in [1.165, 1.54) is 25.7 Å². The van der Waals surface area contributed by atoms with Crippen molar-refractivity contribution in [2.24, 2.45) is 5.92 Å². The number of hydrogen-bond donors (Lipinski definition) is 1. The molecule has 0 aromatic carbocycles. The first-order valence-electron chi connectivity index (χ1n) is 6.37. The van der Waals surface area contributed by atoms with Gasteiger partial charge >= 0.3 is 0 Å². The van der Waals surface area contributed by atoms with Gasteiger partial charge in [-0.2, -0.15) is 0 Å². The van der Waals surface area contributed by atoms with E-state index in [2.05, 4.69) is 5.32 Å². The first-order valence-corrected chi connectivity index (χ1v) is 7.98. The van der Waals surface area contributed by atoms with Crippen LogP contribution in [0.1, 0.15) is 32.1 Å². The average Bonchev–Trinajstić information content (AvgIpc) is 2.83. The average molecular weight is 246 g/mol. The minimum Gasteiger partial charge on any atom is -0.315 e. The summed E-state index contributed by atoms with van der Waals surface area (Å²) in [5.41, 5.74) is 0. The van der Waals surface area contributed by atoms with Gasteiger partial charge in [0.05, 0.1) is 5.75 Å². The predicted molar refractivity (Wildman–Crippen MR) is 64.8 cm³/mol. The van der Waals surface area contributed by atoms with Gasteiger partial charge in [0.1, 0.15) is 0 Å². The topological polar surface area (TPSA) is 49.4 Å². The molecular formula is C11H22N2O2S. The number of rotatable bonds is 5. The summed E-state index contributed by atoms with van der Waals surface area (Å²) in [5, 5.41) is 3.39. The standard InChI is InChI=1S/C11H22N2O2S/c14-16(15)9-3-7-13(16)8-6-12-10-11-4-1-2-5-11/h11-12H,1-10H2. The van der Waals surface area contributed by atoms with Gasteiger partial charge in [-0.15, -0.1) is 0 Å². The molecule has 5 heteroatoms. The molecule has 2 fully saturated rings. The van der Waals surface area contributed by atoms with Crippen LogP contribution in [-0.4, -0.2) is 44.7 Å². The Morgan fingerprint density at radius 3 is 2.56 bits per heavy atom. The Morgan fingerprint density at radius 2 is 1.94 bits per heavy atom. The van der Waals surface area contributed by atoms with Crippen LogP contribution >= 0.6 is 0 Å². The van der Waals surface area contributed by atoms with Crippen LogP contribution in [0, 0.1) is 5.92 Å². The lowest BCUT2D eigenvalue weighted by Gasteiger charge is -2.15. The molecule has 1 N–H and O–H groups in total. The lowest BCUT2D eigenvalue weighted by atomic mass is 10.1. The van der Waals surface area contributed by atoms with Crippen molar-refractivity contribution in [2.45, 2.75) is 32.1 Å². The Morgan fingerprint density at radius 1 is 1.19 bits per heavy atom. The fourth-order valence-electron chi connectivity index (χ4n) is 2.67. The fraction of sp³-hybridized carbons (Fsp3) is 1.00. The third-order valence-corrected chi connectivity index (χ3v) is 5.61. The van der Waals surface area contributed by atoms with E-state index >= 15 is 0 Å². The molecule has 0 bridgehead atoms. The zero-order chi connectivity index (χ0) is 11.4. The van der Waals surface area contributed by atoms with Crippen LogP contribution in [0.4, 0.5) is 0 Å². The van der Waals surface area contributed by atoms with Crippen molar-refractivity contribution >= 4 is 10.0 Å². The summed E-state index contributed by atoms with van der Waals surface area (Å²) in [6.45, 7) is 3.23. The summed E-state index contributed by atoms with van der Waals surface area (Å²) in [6.07, 6.45) is 6.22. The fourth-order valence-corrected chi connectivity index (χ4v) is 4.20. The van der Waals surface area contributed by atoms with E-state index in [1.54, 1.807) is 4.31 Å². The Bertz CT molecular complexity index is 310. The van der Waals surface area contributed by atoms with Gasteiger partial charge in [0.2, 0.25) is 10.0 Å². The van der Waals surface area contributed by atoms with E-state index in [0.29, 0.717) is 18.8 Å². The van der Waals surface area contributed by atoms with Crippen LogP contribution in [0.3, 0.4) is 0 Å². The van der Waals surface area contributed by atoms with Crippen LogP contribution in [0.15, 0.2) is 0 Å². The van der Waals surface area contributed by atoms with Gasteiger partial charge < -0.3 is 5.32 Å². The highest BCUT2D eigenvalue weighted by molar-refractivity contribution is 7.89. The summed E-state index contributed by atoms with van der Waals surface area (Å²) in [4.78, 5) is 0. The number of nitrogens with one attached hydrogen (secondary N) is 1. The summed E-state index contributed by atoms with van der Waals surface area (Å²) < 4.78 is 24.6. The smallest absolute Gasteiger partial charge is 0.214 e. The van der Waals surface area contributed by atoms with Gasteiger partial charge in [-0.05, 0) is 31.7 Å². The van der Waals surface area contributed by atoms with Gasteiger partial charge in [-0.25, -0.2) is 12.7 Å². The van der Waals surface area contributed by atoms with Crippen LogP contribution in [0.25, 0.3) is 0 Å². The van der Waals surface area contributed by atoms with E-state index in [1.807, 2.05) is 0 Å². The second kappa shape index (κ2) is 5.47. The van der Waals surface area contributed by atoms with Crippen molar-refractivity contribution < 1.29 is 8.42 Å². The first-order chi connectivity index (χ1) is 7.68. The molecular weight excluding hydrogens is 224 g/mol. The molecule has 0 radical (unpaired) electrons. The van der Waals surface area contributed by atoms with Gasteiger partial charge in [-0.3, -0.25) is 0 Å². The molecule has 1 heterocycles. The minimum absolute atomic E-state index is 0.343. The molecule has 1 aliphatic heterocycles. The maximum atomic E-state index is 11.5. The van der Waals surface area contributed by atoms with Crippen molar-refractivity contribution in [3.63, 3.8) is 0 Å². The van der Waals surface area contributed by atoms with Gasteiger partial charge in [0.25, 0.3) is 0 Å². The molecule has 16 heavy (non-hydrogen) atoms. The van der Waals surface area contributed by atoms with E-state index in [0.717, 1.165) is 25.4 Å². The Labute approximate surface area is 98.4 Å². The largest absolute Gasteiger partial charge is 0.315 e. The zero-order valence-corrected chi connectivity index (χ0v) is 10.6. The predicted octanol–water partition coefficient (Wildman–Crippen LogP) is 0.802. The van der Waals surface area contributed by atoms with E-state index in [9.17, 15) is 8.42 Å². The maximum absolute atomic E-state index is 11.5. The molecule has 4 nitrogen and oxygen atoms in total. The van der Waals surface area contributed by atoms with Crippen molar-refractivity contribution in [1.82, 2.24) is 9.62 Å². The van der Waals surface area contributed by atoms with Gasteiger partial charge in [-0.1, -0.05) is 12.8 Å². The monoisotopic (exact) mass is 246 g/mol. The van der Waals surface area contributed by atoms with E-state index in [-0.39, 0.29) is 0 Å². The first kappa shape index (κ1) is 12.3. The van der Waals surface area contributed by atoms with E-state index in [4.69, 9.17) is 0 Å². The molecule has 1 saturated heterocycles. The van der Waals surface area contributed by atoms with Crippen molar-refractivity contribution in [3.05, 3.63) is 0 Å². The highest BCUT2D eigenvalue weighted by Crippen LogP contribution is 2.23. The highest BCUT2D eigenvalue weighted by atomic mass is 32.2. The number of sulfonamides is 1. The Balaban J connectivity index is 1.61. The zero-order valence-electron chi connectivity index (χ0n) is 9.82. The molecule has 0 aromatic rings. The van der Waals surface area contributed by atoms with Crippen molar-refractivity contribution in [1.29, 1.82) is 0 Å². The number of nitrogens with zero attached hydrogens (tertiary/aromatic N) is 1. The molecule has 1 saturated carbocycles. The third-order valence-electron chi connectivity index (χ3n) is 3.65. The summed E-state index contributed by atoms with van der Waals surface area (Å²) >= 11 is 0. The molecule has 0 spiro atoms. The van der Waals surface area contributed by atoms with Crippen LogP contribution in [0.5, 0.6) is 0 Å². The van der Waals surface area contributed by atoms with Crippen molar-refractivity contribution in [2.75, 3.05) is 31.9 Å². The molecule has 0 atom stereocenters. The lowest BCUT2D eigenvalue weighted by molar-refractivity contribution is 0.416. The molecule has 1 aliphatic carbocycles. The second-order valence-electron chi connectivity index (χ2n) is 4.92. The second-order valence-corrected chi connectivity index (χ2v) is 7.01. The van der Waals surface area contributed by atoms with Crippen LogP contribution in [-0.2, 0) is 10.0 Å². The third kappa shape index (κ3) is 3.18. The van der Waals surface area contributed by atoms with Gasteiger partial charge in [0.15, 0.2) is 0 Å². The molecule has 2 rings (SSSR count). The number of hydrogen-bond acceptors (Lipinski definition) is 3. The lowest BCUT2D eigenvalue weighted by Crippen LogP contribution is -2.34. The molecule has 94 valence electrons. The van der Waals surface area contributed by atoms with Crippen LogP contribution in [0.2, 0.25) is 0 Å². The quantitative estimate of drug-likeness (QED) is 0.730. The SMILES string of the molecule is O=S1(=O)CCCN1CCNCC1CCCC1. The summed E-state index contributed by atoms with van der Waals surface area (Å²) in [5.74, 6) is 1.17. The normalized spacial score (nSPS) is 26.5. The van der Waals surface area contributed by atoms with Crippen molar-refractivity contribution in [3.8, 4) is 0 Å². The van der Waals surface area contributed by atoms with Crippen LogP contribution < -0.4 is 5.32 Å². The Kier molecular flexibility index (Phi) is 4.21. The highest BCUT2D eigenvalue weighted by Gasteiger charge is 2.27. The molecule has 0 unspecified atom stereocenters. The summed E-state index contributed by atoms with van der Waals surface area (Å²) in [6, 6.07) is 0. The van der Waals surface area contributed by atoms with Gasteiger partial charge in [0, 0.05) is 19.6 Å². The Hall–Kier alpha value is -0.130. The molecule has 2 aliphatic rings. The maximum Gasteiger partial charge on any atom is 0.214 e. The molecule has 0 aromatic heterocycles.